The number of hydrogen-bond donors (Lipinski definition) is 4. The molecule has 4 atom stereocenters. The predicted molar refractivity (Wildman–Crippen MR) is 81.0 cm³/mol. The number of rotatable bonds is 5. The van der Waals surface area contributed by atoms with Gasteiger partial charge >= 0.3 is 0 Å². The average molecular weight is 340 g/mol. The molecule has 10 nitrogen and oxygen atoms in total. The molecule has 0 unspecified atom stereocenters. The van der Waals surface area contributed by atoms with Crippen LogP contribution in [0.5, 0.6) is 0 Å². The van der Waals surface area contributed by atoms with Gasteiger partial charge in [-0.15, -0.1) is 0 Å². The number of aromatic amines is 1. The van der Waals surface area contributed by atoms with Crippen molar-refractivity contribution >= 4 is 11.2 Å². The highest BCUT2D eigenvalue weighted by Gasteiger charge is 2.67. The van der Waals surface area contributed by atoms with Crippen LogP contribution in [0.25, 0.3) is 11.2 Å². The van der Waals surface area contributed by atoms with E-state index < -0.39 is 35.9 Å². The van der Waals surface area contributed by atoms with Gasteiger partial charge in [-0.3, -0.25) is 9.36 Å². The molecule has 10 heteroatoms. The van der Waals surface area contributed by atoms with E-state index in [1.54, 1.807) is 13.8 Å². The van der Waals surface area contributed by atoms with Gasteiger partial charge in [0.25, 0.3) is 5.56 Å². The third-order valence-electron chi connectivity index (χ3n) is 4.41. The van der Waals surface area contributed by atoms with Crippen molar-refractivity contribution in [3.63, 3.8) is 0 Å². The Balaban J connectivity index is 2.26. The molecule has 0 radical (unpaired) electrons. The Morgan fingerprint density at radius 2 is 2.21 bits per heavy atom. The largest absolute Gasteiger partial charge is 0.394 e. The molecule has 0 aliphatic carbocycles. The Hall–Kier alpha value is -1.85. The lowest BCUT2D eigenvalue weighted by molar-refractivity contribution is -0.321. The highest BCUT2D eigenvalue weighted by atomic mass is 16.7. The summed E-state index contributed by atoms with van der Waals surface area (Å²) in [6.07, 6.45) is 0.104. The molecular formula is C14H20N4O6. The molecule has 1 aliphatic heterocycles. The summed E-state index contributed by atoms with van der Waals surface area (Å²) in [5.41, 5.74) is -1.81. The highest BCUT2D eigenvalue weighted by Crippen LogP contribution is 2.47. The Kier molecular flexibility index (Phi) is 4.18. The molecule has 2 aromatic rings. The summed E-state index contributed by atoms with van der Waals surface area (Å²) in [5, 5.41) is 31.0. The van der Waals surface area contributed by atoms with Crippen molar-refractivity contribution in [2.24, 2.45) is 0 Å². The van der Waals surface area contributed by atoms with E-state index in [1.165, 1.54) is 17.2 Å². The van der Waals surface area contributed by atoms with Crippen molar-refractivity contribution in [1.82, 2.24) is 19.5 Å². The second kappa shape index (κ2) is 5.90. The summed E-state index contributed by atoms with van der Waals surface area (Å²) < 4.78 is 12.6. The van der Waals surface area contributed by atoms with Crippen LogP contribution in [0.2, 0.25) is 0 Å². The summed E-state index contributed by atoms with van der Waals surface area (Å²) in [6, 6.07) is 0. The van der Waals surface area contributed by atoms with Gasteiger partial charge in [0.1, 0.15) is 12.2 Å². The van der Waals surface area contributed by atoms with Crippen LogP contribution in [0.15, 0.2) is 17.4 Å². The molecule has 2 aromatic heterocycles. The summed E-state index contributed by atoms with van der Waals surface area (Å²) in [5.74, 6) is -2.15. The van der Waals surface area contributed by atoms with Crippen LogP contribution in [0.3, 0.4) is 0 Å². The molecule has 24 heavy (non-hydrogen) atoms. The van der Waals surface area contributed by atoms with Gasteiger partial charge in [-0.05, 0) is 13.3 Å². The maximum Gasteiger partial charge on any atom is 0.278 e. The van der Waals surface area contributed by atoms with Crippen molar-refractivity contribution in [3.05, 3.63) is 23.0 Å². The number of ether oxygens (including phenoxy) is 2. The van der Waals surface area contributed by atoms with E-state index in [0.717, 1.165) is 0 Å². The fourth-order valence-corrected chi connectivity index (χ4v) is 3.28. The molecule has 1 saturated heterocycles. The normalized spacial score (nSPS) is 33.4. The third kappa shape index (κ3) is 2.04. The summed E-state index contributed by atoms with van der Waals surface area (Å²) in [4.78, 5) is 22.4. The maximum atomic E-state index is 11.9. The molecule has 1 aliphatic rings. The van der Waals surface area contributed by atoms with Gasteiger partial charge in [0.15, 0.2) is 11.2 Å². The molecule has 1 fully saturated rings. The van der Waals surface area contributed by atoms with Gasteiger partial charge < -0.3 is 29.8 Å². The lowest BCUT2D eigenvalue weighted by Crippen LogP contribution is -2.59. The topological polar surface area (TPSA) is 143 Å². The van der Waals surface area contributed by atoms with Gasteiger partial charge in [0, 0.05) is 6.61 Å². The first-order chi connectivity index (χ1) is 11.4. The first kappa shape index (κ1) is 17.0. The van der Waals surface area contributed by atoms with Crippen molar-refractivity contribution in [2.75, 3.05) is 13.2 Å². The van der Waals surface area contributed by atoms with Gasteiger partial charge in [-0.2, -0.15) is 0 Å². The number of hydrogen-bond acceptors (Lipinski definition) is 8. The second-order valence-electron chi connectivity index (χ2n) is 5.57. The van der Waals surface area contributed by atoms with E-state index in [1.807, 2.05) is 0 Å². The zero-order chi connectivity index (χ0) is 17.5. The first-order valence-electron chi connectivity index (χ1n) is 7.69. The predicted octanol–water partition coefficient (Wildman–Crippen LogP) is -1.34. The number of nitrogens with zero attached hydrogens (tertiary/aromatic N) is 3. The zero-order valence-corrected chi connectivity index (χ0v) is 13.3. The molecule has 0 spiro atoms. The van der Waals surface area contributed by atoms with Crippen molar-refractivity contribution < 1.29 is 24.8 Å². The minimum absolute atomic E-state index is 0.0645. The van der Waals surface area contributed by atoms with Crippen molar-refractivity contribution in [2.45, 2.75) is 44.0 Å². The van der Waals surface area contributed by atoms with Crippen molar-refractivity contribution in [3.8, 4) is 0 Å². The van der Waals surface area contributed by atoms with Crippen LogP contribution in [-0.4, -0.2) is 66.0 Å². The van der Waals surface area contributed by atoms with E-state index in [4.69, 9.17) is 9.47 Å². The molecule has 3 rings (SSSR count). The molecule has 4 N–H and O–H groups in total. The van der Waals surface area contributed by atoms with Gasteiger partial charge in [-0.1, -0.05) is 6.92 Å². The van der Waals surface area contributed by atoms with E-state index in [2.05, 4.69) is 15.0 Å². The molecule has 0 amide bonds. The maximum absolute atomic E-state index is 11.9. The van der Waals surface area contributed by atoms with Crippen LogP contribution < -0.4 is 5.56 Å². The SMILES string of the molecule is CCO[C@@]1(O)[C@H](O)[C@@H](CO)O[C@@]1(CC)n1cnc2c(=O)[nH]cnc21. The fourth-order valence-electron chi connectivity index (χ4n) is 3.28. The Labute approximate surface area is 136 Å². The van der Waals surface area contributed by atoms with Crippen molar-refractivity contribution in [1.29, 1.82) is 0 Å². The Morgan fingerprint density at radius 3 is 2.83 bits per heavy atom. The number of aromatic nitrogens is 4. The van der Waals surface area contributed by atoms with Crippen LogP contribution in [0.1, 0.15) is 20.3 Å². The van der Waals surface area contributed by atoms with Crippen LogP contribution in [0.4, 0.5) is 0 Å². The number of H-pyrrole nitrogens is 1. The molecule has 3 heterocycles. The third-order valence-corrected chi connectivity index (χ3v) is 4.41. The number of imidazole rings is 1. The lowest BCUT2D eigenvalue weighted by atomic mass is 9.95. The standard InChI is InChI=1S/C14H20N4O6/c1-3-13(14(22,23-4-2)10(20)8(5-19)24-13)18-7-17-9-11(18)15-6-16-12(9)21/h6-8,10,19-20,22H,3-5H2,1-2H3,(H,15,16,21)/t8-,10-,13-,14+/m1/s1. The van der Waals surface area contributed by atoms with E-state index in [-0.39, 0.29) is 24.2 Å². The summed E-state index contributed by atoms with van der Waals surface area (Å²) in [7, 11) is 0. The Morgan fingerprint density at radius 1 is 1.46 bits per heavy atom. The molecule has 0 bridgehead atoms. The van der Waals surface area contributed by atoms with E-state index in [9.17, 15) is 20.1 Å². The molecule has 132 valence electrons. The van der Waals surface area contributed by atoms with E-state index in [0.29, 0.717) is 0 Å². The Bertz CT molecular complexity index is 791. The minimum Gasteiger partial charge on any atom is -0.394 e. The number of aliphatic hydroxyl groups is 3. The monoisotopic (exact) mass is 340 g/mol. The van der Waals surface area contributed by atoms with Crippen LogP contribution in [-0.2, 0) is 15.2 Å². The molecular weight excluding hydrogens is 320 g/mol. The molecule has 0 saturated carbocycles. The highest BCUT2D eigenvalue weighted by molar-refractivity contribution is 5.69. The van der Waals surface area contributed by atoms with Gasteiger partial charge in [-0.25, -0.2) is 9.97 Å². The number of fused-ring (bicyclic) bond motifs is 1. The average Bonchev–Trinajstić information content (AvgIpc) is 3.09. The summed E-state index contributed by atoms with van der Waals surface area (Å²) >= 11 is 0. The number of nitrogens with one attached hydrogen (secondary N) is 1. The second-order valence-corrected chi connectivity index (χ2v) is 5.57. The number of aliphatic hydroxyl groups excluding tert-OH is 2. The quantitative estimate of drug-likeness (QED) is 0.490. The van der Waals surface area contributed by atoms with Gasteiger partial charge in [0.05, 0.1) is 19.3 Å². The smallest absolute Gasteiger partial charge is 0.278 e. The van der Waals surface area contributed by atoms with Crippen LogP contribution >= 0.6 is 0 Å². The van der Waals surface area contributed by atoms with E-state index >= 15 is 0 Å². The first-order valence-corrected chi connectivity index (χ1v) is 7.69. The summed E-state index contributed by atoms with van der Waals surface area (Å²) in [6.45, 7) is 2.96. The molecule has 0 aromatic carbocycles. The fraction of sp³-hybridized carbons (Fsp3) is 0.643. The van der Waals surface area contributed by atoms with Crippen LogP contribution in [0, 0.1) is 0 Å². The minimum atomic E-state index is -2.15. The lowest BCUT2D eigenvalue weighted by Gasteiger charge is -2.41. The van der Waals surface area contributed by atoms with Gasteiger partial charge in [0.2, 0.25) is 11.5 Å². The zero-order valence-electron chi connectivity index (χ0n) is 13.3.